The number of Topliss-reactive ketones (excluding diaryl/α,β-unsaturated/α-hetero) is 1. The van der Waals surface area contributed by atoms with E-state index >= 15 is 0 Å². The molecule has 2 aliphatic heterocycles. The average molecular weight is 473 g/mol. The molecule has 3 heterocycles. The number of rotatable bonds is 7. The van der Waals surface area contributed by atoms with Crippen LogP contribution in [0.25, 0.3) is 0 Å². The number of anilines is 1. The number of nitrogens with zero attached hydrogens (tertiary/aromatic N) is 4. The summed E-state index contributed by atoms with van der Waals surface area (Å²) in [6, 6.07) is 21.9. The van der Waals surface area contributed by atoms with Crippen molar-refractivity contribution in [1.29, 1.82) is 0 Å². The van der Waals surface area contributed by atoms with Crippen molar-refractivity contribution in [3.63, 3.8) is 0 Å². The van der Waals surface area contributed by atoms with Crippen molar-refractivity contribution in [2.24, 2.45) is 0 Å². The Hall–Kier alpha value is -3.42. The molecule has 0 saturated carbocycles. The van der Waals surface area contributed by atoms with Gasteiger partial charge < -0.3 is 19.5 Å². The van der Waals surface area contributed by atoms with Gasteiger partial charge in [-0.1, -0.05) is 48.5 Å². The molecule has 1 amide bonds. The Morgan fingerprint density at radius 3 is 2.20 bits per heavy atom. The molecule has 0 aliphatic carbocycles. The molecule has 7 heteroatoms. The second-order valence-corrected chi connectivity index (χ2v) is 9.39. The highest BCUT2D eigenvalue weighted by Crippen LogP contribution is 2.23. The fourth-order valence-corrected chi connectivity index (χ4v) is 5.08. The van der Waals surface area contributed by atoms with E-state index in [9.17, 15) is 14.7 Å². The highest BCUT2D eigenvalue weighted by atomic mass is 16.3. The fourth-order valence-electron chi connectivity index (χ4n) is 5.08. The first-order valence-corrected chi connectivity index (χ1v) is 12.3. The van der Waals surface area contributed by atoms with Crippen LogP contribution in [0.2, 0.25) is 0 Å². The Morgan fingerprint density at radius 1 is 0.800 bits per heavy atom. The SMILES string of the molecule is O=C1CCN(Cc2ccccc2)C(=O)c2c1ccn2CC(O)CN1CCN(c2ccccc2)CC1. The number of piperazine rings is 1. The summed E-state index contributed by atoms with van der Waals surface area (Å²) in [4.78, 5) is 32.6. The van der Waals surface area contributed by atoms with Crippen molar-refractivity contribution in [3.8, 4) is 0 Å². The number of fused-ring (bicyclic) bond motifs is 1. The van der Waals surface area contributed by atoms with Crippen LogP contribution in [0.4, 0.5) is 5.69 Å². The monoisotopic (exact) mass is 472 g/mol. The van der Waals surface area contributed by atoms with Crippen LogP contribution in [0.15, 0.2) is 72.9 Å². The third kappa shape index (κ3) is 5.31. The minimum absolute atomic E-state index is 0.0193. The maximum atomic E-state index is 13.5. The van der Waals surface area contributed by atoms with Gasteiger partial charge in [0.05, 0.1) is 12.6 Å². The standard InChI is InChI=1S/C28H32N4O3/c33-24(20-29-15-17-30(18-16-29)23-9-5-2-6-10-23)21-31-13-11-25-26(34)12-14-32(28(35)27(25)31)19-22-7-3-1-4-8-22/h1-11,13,24,33H,12,14-21H2. The van der Waals surface area contributed by atoms with Crippen LogP contribution in [0.5, 0.6) is 0 Å². The number of benzene rings is 2. The number of aliphatic hydroxyl groups is 1. The van der Waals surface area contributed by atoms with E-state index in [4.69, 9.17) is 0 Å². The van der Waals surface area contributed by atoms with E-state index in [0.717, 1.165) is 31.7 Å². The molecule has 182 valence electrons. The van der Waals surface area contributed by atoms with Crippen molar-refractivity contribution in [2.45, 2.75) is 25.6 Å². The van der Waals surface area contributed by atoms with Gasteiger partial charge in [-0.15, -0.1) is 0 Å². The van der Waals surface area contributed by atoms with Gasteiger partial charge in [0, 0.05) is 69.7 Å². The van der Waals surface area contributed by atoms with Gasteiger partial charge in [-0.05, 0) is 23.8 Å². The second-order valence-electron chi connectivity index (χ2n) is 9.39. The Kier molecular flexibility index (Phi) is 6.97. The molecule has 1 saturated heterocycles. The molecule has 0 radical (unpaired) electrons. The molecular formula is C28H32N4O3. The molecule has 2 aliphatic rings. The number of aliphatic hydroxyl groups excluding tert-OH is 1. The summed E-state index contributed by atoms with van der Waals surface area (Å²) < 4.78 is 1.77. The lowest BCUT2D eigenvalue weighted by atomic mass is 10.1. The number of ketones is 1. The van der Waals surface area contributed by atoms with Gasteiger partial charge in [-0.25, -0.2) is 0 Å². The Bertz CT molecular complexity index is 1150. The molecule has 1 fully saturated rings. The lowest BCUT2D eigenvalue weighted by molar-refractivity contribution is 0.0720. The van der Waals surface area contributed by atoms with E-state index in [2.05, 4.69) is 34.1 Å². The summed E-state index contributed by atoms with van der Waals surface area (Å²) in [6.07, 6.45) is 1.44. The third-order valence-electron chi connectivity index (χ3n) is 6.95. The topological polar surface area (TPSA) is 69.0 Å². The van der Waals surface area contributed by atoms with Gasteiger partial charge in [-0.3, -0.25) is 14.5 Å². The molecule has 1 unspecified atom stereocenters. The number of carbonyl (C=O) groups is 2. The number of β-amino-alcohol motifs (C(OH)–C–C–N with tert-alkyl or cyclic N) is 1. The third-order valence-corrected chi connectivity index (χ3v) is 6.95. The molecule has 1 aromatic heterocycles. The van der Waals surface area contributed by atoms with Gasteiger partial charge in [0.15, 0.2) is 5.78 Å². The number of hydrogen-bond donors (Lipinski definition) is 1. The van der Waals surface area contributed by atoms with Crippen LogP contribution in [0, 0.1) is 0 Å². The van der Waals surface area contributed by atoms with E-state index in [1.165, 1.54) is 5.69 Å². The highest BCUT2D eigenvalue weighted by molar-refractivity contribution is 6.09. The number of para-hydroxylation sites is 1. The molecule has 35 heavy (non-hydrogen) atoms. The highest BCUT2D eigenvalue weighted by Gasteiger charge is 2.31. The minimum Gasteiger partial charge on any atom is -0.390 e. The average Bonchev–Trinajstić information content (AvgIpc) is 3.26. The summed E-state index contributed by atoms with van der Waals surface area (Å²) in [5.41, 5.74) is 3.13. The van der Waals surface area contributed by atoms with Crippen LogP contribution in [0.1, 0.15) is 32.8 Å². The van der Waals surface area contributed by atoms with Crippen LogP contribution in [-0.2, 0) is 13.1 Å². The van der Waals surface area contributed by atoms with Crippen molar-refractivity contribution < 1.29 is 14.7 Å². The molecule has 2 aromatic carbocycles. The maximum Gasteiger partial charge on any atom is 0.271 e. The first-order chi connectivity index (χ1) is 17.1. The molecule has 0 spiro atoms. The van der Waals surface area contributed by atoms with E-state index in [-0.39, 0.29) is 18.2 Å². The molecule has 0 bridgehead atoms. The number of aromatic nitrogens is 1. The molecule has 7 nitrogen and oxygen atoms in total. The zero-order chi connectivity index (χ0) is 24.2. The van der Waals surface area contributed by atoms with Crippen LogP contribution in [-0.4, -0.2) is 76.5 Å². The van der Waals surface area contributed by atoms with Crippen molar-refractivity contribution in [3.05, 3.63) is 89.7 Å². The molecule has 1 atom stereocenters. The van der Waals surface area contributed by atoms with Gasteiger partial charge >= 0.3 is 0 Å². The Labute approximate surface area is 206 Å². The fraction of sp³-hybridized carbons (Fsp3) is 0.357. The lowest BCUT2D eigenvalue weighted by Crippen LogP contribution is -2.49. The summed E-state index contributed by atoms with van der Waals surface area (Å²) in [6.45, 7) is 5.25. The predicted molar refractivity (Wildman–Crippen MR) is 136 cm³/mol. The predicted octanol–water partition coefficient (Wildman–Crippen LogP) is 2.90. The van der Waals surface area contributed by atoms with Crippen LogP contribution in [0.3, 0.4) is 0 Å². The summed E-state index contributed by atoms with van der Waals surface area (Å²) in [5, 5.41) is 10.9. The van der Waals surface area contributed by atoms with Crippen molar-refractivity contribution >= 4 is 17.4 Å². The smallest absolute Gasteiger partial charge is 0.271 e. The van der Waals surface area contributed by atoms with E-state index < -0.39 is 6.10 Å². The summed E-state index contributed by atoms with van der Waals surface area (Å²) >= 11 is 0. The lowest BCUT2D eigenvalue weighted by Gasteiger charge is -2.37. The van der Waals surface area contributed by atoms with E-state index in [0.29, 0.717) is 37.3 Å². The van der Waals surface area contributed by atoms with Gasteiger partial charge in [0.25, 0.3) is 5.91 Å². The Balaban J connectivity index is 1.23. The van der Waals surface area contributed by atoms with Gasteiger partial charge in [-0.2, -0.15) is 0 Å². The quantitative estimate of drug-likeness (QED) is 0.573. The minimum atomic E-state index is -0.636. The number of amides is 1. The number of hydrogen-bond acceptors (Lipinski definition) is 5. The largest absolute Gasteiger partial charge is 0.390 e. The zero-order valence-electron chi connectivity index (χ0n) is 19.9. The molecular weight excluding hydrogens is 440 g/mol. The van der Waals surface area contributed by atoms with Crippen molar-refractivity contribution in [1.82, 2.24) is 14.4 Å². The summed E-state index contributed by atoms with van der Waals surface area (Å²) in [7, 11) is 0. The second kappa shape index (κ2) is 10.5. The first-order valence-electron chi connectivity index (χ1n) is 12.3. The number of carbonyl (C=O) groups excluding carboxylic acids is 2. The molecule has 3 aromatic rings. The summed E-state index contributed by atoms with van der Waals surface area (Å²) in [5.74, 6) is -0.169. The Morgan fingerprint density at radius 2 is 1.49 bits per heavy atom. The maximum absolute atomic E-state index is 13.5. The first kappa shape index (κ1) is 23.3. The van der Waals surface area contributed by atoms with Gasteiger partial charge in [0.2, 0.25) is 0 Å². The van der Waals surface area contributed by atoms with E-state index in [1.54, 1.807) is 21.7 Å². The molecule has 5 rings (SSSR count). The zero-order valence-corrected chi connectivity index (χ0v) is 19.9. The van der Waals surface area contributed by atoms with Gasteiger partial charge in [0.1, 0.15) is 5.69 Å². The normalized spacial score (nSPS) is 17.9. The van der Waals surface area contributed by atoms with Crippen LogP contribution < -0.4 is 4.90 Å². The molecule has 1 N–H and O–H groups in total. The van der Waals surface area contributed by atoms with Crippen LogP contribution >= 0.6 is 0 Å². The van der Waals surface area contributed by atoms with Crippen molar-refractivity contribution in [2.75, 3.05) is 44.2 Å². The van der Waals surface area contributed by atoms with E-state index in [1.807, 2.05) is 36.4 Å².